The molecule has 2 aromatic carbocycles. The number of hydrogen-bond acceptors (Lipinski definition) is 4. The van der Waals surface area contributed by atoms with E-state index in [1.807, 2.05) is 12.1 Å². The first-order chi connectivity index (χ1) is 18.6. The zero-order valence-electron chi connectivity index (χ0n) is 22.4. The Labute approximate surface area is 224 Å². The fourth-order valence-corrected chi connectivity index (χ4v) is 6.01. The van der Waals surface area contributed by atoms with Crippen molar-refractivity contribution in [2.45, 2.75) is 39.2 Å². The lowest BCUT2D eigenvalue weighted by molar-refractivity contribution is -0.137. The number of amides is 1. The highest BCUT2D eigenvalue weighted by Crippen LogP contribution is 2.31. The van der Waals surface area contributed by atoms with Crippen LogP contribution in [0.25, 0.3) is 28.0 Å². The van der Waals surface area contributed by atoms with Crippen LogP contribution in [0.15, 0.2) is 66.9 Å². The second-order valence-electron chi connectivity index (χ2n) is 10.7. The van der Waals surface area contributed by atoms with Crippen LogP contribution in [0.5, 0.6) is 5.75 Å². The summed E-state index contributed by atoms with van der Waals surface area (Å²) in [7, 11) is 1.70. The van der Waals surface area contributed by atoms with Crippen LogP contribution in [0.2, 0.25) is 0 Å². The highest BCUT2D eigenvalue weighted by Gasteiger charge is 2.30. The molecule has 0 unspecified atom stereocenters. The fourth-order valence-electron chi connectivity index (χ4n) is 6.01. The zero-order valence-corrected chi connectivity index (χ0v) is 22.4. The molecular formula is C32H36N4O2. The molecule has 1 saturated heterocycles. The smallest absolute Gasteiger partial charge is 0.225 e. The van der Waals surface area contributed by atoms with Crippen molar-refractivity contribution in [3.8, 4) is 28.1 Å². The number of nitrogens with zero attached hydrogens (tertiary/aromatic N) is 4. The van der Waals surface area contributed by atoms with Crippen molar-refractivity contribution in [1.82, 2.24) is 19.2 Å². The molecule has 0 N–H and O–H groups in total. The van der Waals surface area contributed by atoms with E-state index < -0.39 is 0 Å². The molecule has 0 bridgehead atoms. The summed E-state index contributed by atoms with van der Waals surface area (Å²) in [5, 5.41) is 0. The third-order valence-corrected chi connectivity index (χ3v) is 8.17. The lowest BCUT2D eigenvalue weighted by atomic mass is 10.1. The zero-order chi connectivity index (χ0) is 26.1. The van der Waals surface area contributed by atoms with Gasteiger partial charge < -0.3 is 14.0 Å². The van der Waals surface area contributed by atoms with Gasteiger partial charge in [-0.15, -0.1) is 0 Å². The summed E-state index contributed by atoms with van der Waals surface area (Å²) in [6, 6.07) is 21.0. The number of imidazole rings is 1. The van der Waals surface area contributed by atoms with E-state index in [9.17, 15) is 4.79 Å². The molecular weight excluding hydrogens is 472 g/mol. The Morgan fingerprint density at radius 1 is 0.921 bits per heavy atom. The number of fused-ring (bicyclic) bond motifs is 1. The van der Waals surface area contributed by atoms with E-state index in [-0.39, 0.29) is 5.92 Å². The van der Waals surface area contributed by atoms with Gasteiger partial charge in [-0.25, -0.2) is 4.98 Å². The number of ether oxygens (including phenoxy) is 1. The number of aryl methyl sites for hydroxylation is 1. The van der Waals surface area contributed by atoms with Crippen LogP contribution < -0.4 is 4.74 Å². The van der Waals surface area contributed by atoms with Crippen molar-refractivity contribution in [2.75, 3.05) is 33.3 Å². The van der Waals surface area contributed by atoms with Gasteiger partial charge in [0, 0.05) is 50.4 Å². The molecule has 4 aromatic rings. The Balaban J connectivity index is 1.32. The van der Waals surface area contributed by atoms with Crippen LogP contribution in [0.3, 0.4) is 0 Å². The Bertz CT molecular complexity index is 1450. The van der Waals surface area contributed by atoms with Gasteiger partial charge in [0.1, 0.15) is 11.4 Å². The number of carbonyl (C=O) groups excluding carboxylic acids is 1. The number of rotatable bonds is 6. The van der Waals surface area contributed by atoms with Gasteiger partial charge in [0.15, 0.2) is 0 Å². The van der Waals surface area contributed by atoms with Crippen molar-refractivity contribution in [3.05, 3.63) is 78.1 Å². The molecule has 2 aliphatic rings. The molecule has 6 rings (SSSR count). The topological polar surface area (TPSA) is 50.1 Å². The highest BCUT2D eigenvalue weighted by molar-refractivity contribution is 5.79. The SMILES string of the molecule is COc1cccc(-c2nc3ccc(-c4cccc(C)c4)cn3c2CN2CCN(C(=O)C3CCCC3)CC2)c1. The number of carbonyl (C=O) groups is 1. The minimum atomic E-state index is 0.250. The first-order valence-corrected chi connectivity index (χ1v) is 13.8. The van der Waals surface area contributed by atoms with E-state index in [2.05, 4.69) is 75.9 Å². The largest absolute Gasteiger partial charge is 0.497 e. The predicted octanol–water partition coefficient (Wildman–Crippen LogP) is 5.82. The minimum Gasteiger partial charge on any atom is -0.497 e. The third kappa shape index (κ3) is 4.93. The van der Waals surface area contributed by atoms with E-state index in [1.54, 1.807) is 7.11 Å². The van der Waals surface area contributed by atoms with Crippen molar-refractivity contribution in [1.29, 1.82) is 0 Å². The quantitative estimate of drug-likeness (QED) is 0.329. The van der Waals surface area contributed by atoms with Crippen molar-refractivity contribution >= 4 is 11.6 Å². The van der Waals surface area contributed by atoms with Crippen LogP contribution in [-0.4, -0.2) is 58.4 Å². The summed E-state index contributed by atoms with van der Waals surface area (Å²) in [5.41, 5.74) is 7.75. The Hall–Kier alpha value is -3.64. The third-order valence-electron chi connectivity index (χ3n) is 8.17. The van der Waals surface area contributed by atoms with E-state index in [0.29, 0.717) is 5.91 Å². The minimum absolute atomic E-state index is 0.250. The number of benzene rings is 2. The molecule has 6 heteroatoms. The Morgan fingerprint density at radius 3 is 2.45 bits per heavy atom. The number of pyridine rings is 1. The summed E-state index contributed by atoms with van der Waals surface area (Å²) >= 11 is 0. The van der Waals surface area contributed by atoms with Crippen LogP contribution >= 0.6 is 0 Å². The molecule has 1 aliphatic carbocycles. The molecule has 3 heterocycles. The molecule has 1 aliphatic heterocycles. The molecule has 2 fully saturated rings. The normalized spacial score (nSPS) is 16.8. The summed E-state index contributed by atoms with van der Waals surface area (Å²) in [6.45, 7) is 6.25. The molecule has 1 amide bonds. The van der Waals surface area contributed by atoms with E-state index in [0.717, 1.165) is 68.2 Å². The van der Waals surface area contributed by atoms with E-state index in [4.69, 9.17) is 9.72 Å². The van der Waals surface area contributed by atoms with Gasteiger partial charge in [0.05, 0.1) is 18.5 Å². The van der Waals surface area contributed by atoms with Crippen LogP contribution in [0, 0.1) is 12.8 Å². The Kier molecular flexibility index (Phi) is 6.90. The predicted molar refractivity (Wildman–Crippen MR) is 151 cm³/mol. The van der Waals surface area contributed by atoms with Crippen LogP contribution in [0.1, 0.15) is 36.9 Å². The average molecular weight is 509 g/mol. The summed E-state index contributed by atoms with van der Waals surface area (Å²) in [5.74, 6) is 1.45. The van der Waals surface area contributed by atoms with Gasteiger partial charge in [-0.3, -0.25) is 9.69 Å². The van der Waals surface area contributed by atoms with Crippen molar-refractivity contribution in [3.63, 3.8) is 0 Å². The maximum Gasteiger partial charge on any atom is 0.225 e. The second kappa shape index (κ2) is 10.6. The summed E-state index contributed by atoms with van der Waals surface area (Å²) in [4.78, 5) is 22.6. The first kappa shape index (κ1) is 24.7. The number of piperazine rings is 1. The number of methoxy groups -OCH3 is 1. The van der Waals surface area contributed by atoms with Gasteiger partial charge in [-0.05, 0) is 55.2 Å². The maximum atomic E-state index is 13.0. The molecule has 196 valence electrons. The van der Waals surface area contributed by atoms with E-state index >= 15 is 0 Å². The van der Waals surface area contributed by atoms with E-state index in [1.165, 1.54) is 35.2 Å². The summed E-state index contributed by atoms with van der Waals surface area (Å²) in [6.07, 6.45) is 6.74. The lowest BCUT2D eigenvalue weighted by Gasteiger charge is -2.36. The Morgan fingerprint density at radius 2 is 1.68 bits per heavy atom. The summed E-state index contributed by atoms with van der Waals surface area (Å²) < 4.78 is 7.77. The molecule has 38 heavy (non-hydrogen) atoms. The van der Waals surface area contributed by atoms with Crippen LogP contribution in [0.4, 0.5) is 0 Å². The maximum absolute atomic E-state index is 13.0. The lowest BCUT2D eigenvalue weighted by Crippen LogP contribution is -2.49. The van der Waals surface area contributed by atoms with Gasteiger partial charge in [0.2, 0.25) is 5.91 Å². The van der Waals surface area contributed by atoms with Crippen LogP contribution in [-0.2, 0) is 11.3 Å². The molecule has 0 atom stereocenters. The van der Waals surface area contributed by atoms with Gasteiger partial charge in [-0.1, -0.05) is 54.8 Å². The number of hydrogen-bond donors (Lipinski definition) is 0. The van der Waals surface area contributed by atoms with Gasteiger partial charge in [0.25, 0.3) is 0 Å². The molecule has 1 saturated carbocycles. The average Bonchev–Trinajstić information content (AvgIpc) is 3.62. The molecule has 6 nitrogen and oxygen atoms in total. The monoisotopic (exact) mass is 508 g/mol. The highest BCUT2D eigenvalue weighted by atomic mass is 16.5. The fraction of sp³-hybridized carbons (Fsp3) is 0.375. The van der Waals surface area contributed by atoms with Crippen molar-refractivity contribution in [2.24, 2.45) is 5.92 Å². The van der Waals surface area contributed by atoms with Crippen molar-refractivity contribution < 1.29 is 9.53 Å². The first-order valence-electron chi connectivity index (χ1n) is 13.8. The molecule has 0 radical (unpaired) electrons. The standard InChI is InChI=1S/C32H36N4O2/c1-23-7-5-10-25(19-23)27-13-14-30-33-31(26-11-6-12-28(20-26)38-2)29(36(30)21-27)22-34-15-17-35(18-16-34)32(37)24-8-3-4-9-24/h5-7,10-14,19-21,24H,3-4,8-9,15-18,22H2,1-2H3. The molecule has 0 spiro atoms. The number of aromatic nitrogens is 2. The second-order valence-corrected chi connectivity index (χ2v) is 10.7. The molecule has 2 aromatic heterocycles. The van der Waals surface area contributed by atoms with Gasteiger partial charge in [-0.2, -0.15) is 0 Å². The van der Waals surface area contributed by atoms with Gasteiger partial charge >= 0.3 is 0 Å².